The van der Waals surface area contributed by atoms with Crippen molar-refractivity contribution in [2.45, 2.75) is 11.3 Å². The summed E-state index contributed by atoms with van der Waals surface area (Å²) in [6.45, 7) is 0. The number of rotatable bonds is 3. The molecule has 11 heavy (non-hydrogen) atoms. The summed E-state index contributed by atoms with van der Waals surface area (Å²) in [7, 11) is 0. The molecule has 0 atom stereocenters. The van der Waals surface area contributed by atoms with Crippen LogP contribution in [0.25, 0.3) is 0 Å². The Bertz CT molecular complexity index is 223. The van der Waals surface area contributed by atoms with Gasteiger partial charge in [-0.05, 0) is 24.3 Å². The van der Waals surface area contributed by atoms with E-state index in [0.717, 1.165) is 0 Å². The summed E-state index contributed by atoms with van der Waals surface area (Å²) in [6, 6.07) is 8.61. The zero-order valence-electron chi connectivity index (χ0n) is 6.51. The largest absolute Gasteiger partial charge is 0.129 e. The number of aryl methyl sites for hydroxylation is 1. The van der Waals surface area contributed by atoms with Gasteiger partial charge in [0.05, 0.1) is 0 Å². The second-order valence-electron chi connectivity index (χ2n) is 2.25. The highest BCUT2D eigenvalue weighted by Crippen LogP contribution is 2.20. The standard InChI is InChI=1S/C9H11IS/c1-11-9-5-3-2-4-8(9)6-7-10/h2-5H,6-7H2,1H3. The van der Waals surface area contributed by atoms with E-state index in [-0.39, 0.29) is 0 Å². The highest BCUT2D eigenvalue weighted by atomic mass is 127. The molecule has 0 aliphatic rings. The molecule has 0 amide bonds. The molecule has 0 radical (unpaired) electrons. The number of hydrogen-bond donors (Lipinski definition) is 0. The lowest BCUT2D eigenvalue weighted by Crippen LogP contribution is -1.87. The minimum Gasteiger partial charge on any atom is -0.129 e. The molecule has 0 nitrogen and oxygen atoms in total. The summed E-state index contributed by atoms with van der Waals surface area (Å²) in [5.74, 6) is 0. The molecule has 0 unspecified atom stereocenters. The van der Waals surface area contributed by atoms with Gasteiger partial charge in [0, 0.05) is 9.32 Å². The predicted molar refractivity (Wildman–Crippen MR) is 60.8 cm³/mol. The summed E-state index contributed by atoms with van der Waals surface area (Å²) in [5, 5.41) is 0. The zero-order chi connectivity index (χ0) is 8.10. The van der Waals surface area contributed by atoms with Crippen LogP contribution in [0.3, 0.4) is 0 Å². The van der Waals surface area contributed by atoms with E-state index >= 15 is 0 Å². The molecular formula is C9H11IS. The smallest absolute Gasteiger partial charge is 0.0101 e. The minimum absolute atomic E-state index is 1.19. The SMILES string of the molecule is CSc1ccccc1CCI. The molecule has 0 bridgehead atoms. The number of benzene rings is 1. The van der Waals surface area contributed by atoms with E-state index in [2.05, 4.69) is 53.1 Å². The summed E-state index contributed by atoms with van der Waals surface area (Å²) >= 11 is 4.25. The normalized spacial score (nSPS) is 10.0. The number of alkyl halides is 1. The third-order valence-electron chi connectivity index (χ3n) is 1.56. The van der Waals surface area contributed by atoms with Crippen LogP contribution in [0.2, 0.25) is 0 Å². The van der Waals surface area contributed by atoms with Gasteiger partial charge in [-0.1, -0.05) is 40.8 Å². The van der Waals surface area contributed by atoms with Gasteiger partial charge in [0.15, 0.2) is 0 Å². The molecule has 0 fully saturated rings. The predicted octanol–water partition coefficient (Wildman–Crippen LogP) is 3.39. The van der Waals surface area contributed by atoms with Crippen LogP contribution < -0.4 is 0 Å². The van der Waals surface area contributed by atoms with Crippen LogP contribution in [-0.2, 0) is 6.42 Å². The Morgan fingerprint density at radius 3 is 2.73 bits per heavy atom. The van der Waals surface area contributed by atoms with Gasteiger partial charge in [0.25, 0.3) is 0 Å². The van der Waals surface area contributed by atoms with Crippen LogP contribution in [0.15, 0.2) is 29.2 Å². The molecule has 1 rings (SSSR count). The Kier molecular flexibility index (Phi) is 4.30. The first-order valence-corrected chi connectivity index (χ1v) is 6.31. The molecule has 0 aromatic heterocycles. The van der Waals surface area contributed by atoms with Crippen molar-refractivity contribution in [3.63, 3.8) is 0 Å². The van der Waals surface area contributed by atoms with Gasteiger partial charge < -0.3 is 0 Å². The van der Waals surface area contributed by atoms with Gasteiger partial charge in [-0.2, -0.15) is 0 Å². The highest BCUT2D eigenvalue weighted by Gasteiger charge is 1.97. The Balaban J connectivity index is 2.83. The average molecular weight is 278 g/mol. The van der Waals surface area contributed by atoms with Gasteiger partial charge in [0.2, 0.25) is 0 Å². The monoisotopic (exact) mass is 278 g/mol. The van der Waals surface area contributed by atoms with Crippen LogP contribution in [-0.4, -0.2) is 10.7 Å². The molecule has 0 spiro atoms. The number of thioether (sulfide) groups is 1. The molecule has 0 saturated heterocycles. The summed E-state index contributed by atoms with van der Waals surface area (Å²) < 4.78 is 1.20. The Hall–Kier alpha value is 0.300. The van der Waals surface area contributed by atoms with Gasteiger partial charge >= 0.3 is 0 Å². The van der Waals surface area contributed by atoms with Crippen molar-refractivity contribution in [1.29, 1.82) is 0 Å². The summed E-state index contributed by atoms with van der Waals surface area (Å²) in [4.78, 5) is 1.42. The second-order valence-corrected chi connectivity index (χ2v) is 4.18. The lowest BCUT2D eigenvalue weighted by atomic mass is 10.2. The summed E-state index contributed by atoms with van der Waals surface area (Å²) in [6.07, 6.45) is 3.32. The fourth-order valence-electron chi connectivity index (χ4n) is 1.01. The van der Waals surface area contributed by atoms with Crippen molar-refractivity contribution in [2.24, 2.45) is 0 Å². The molecule has 1 aromatic carbocycles. The Morgan fingerprint density at radius 2 is 2.09 bits per heavy atom. The van der Waals surface area contributed by atoms with E-state index in [0.29, 0.717) is 0 Å². The minimum atomic E-state index is 1.19. The molecule has 0 N–H and O–H groups in total. The van der Waals surface area contributed by atoms with E-state index in [1.54, 1.807) is 0 Å². The van der Waals surface area contributed by atoms with Crippen molar-refractivity contribution < 1.29 is 0 Å². The van der Waals surface area contributed by atoms with E-state index < -0.39 is 0 Å². The first-order chi connectivity index (χ1) is 5.38. The van der Waals surface area contributed by atoms with Crippen molar-refractivity contribution >= 4 is 34.4 Å². The Morgan fingerprint density at radius 1 is 1.36 bits per heavy atom. The quantitative estimate of drug-likeness (QED) is 0.464. The van der Waals surface area contributed by atoms with E-state index in [9.17, 15) is 0 Å². The van der Waals surface area contributed by atoms with Crippen molar-refractivity contribution in [1.82, 2.24) is 0 Å². The molecule has 0 saturated carbocycles. The first kappa shape index (κ1) is 9.39. The lowest BCUT2D eigenvalue weighted by Gasteiger charge is -2.03. The maximum Gasteiger partial charge on any atom is 0.0101 e. The number of halogens is 1. The lowest BCUT2D eigenvalue weighted by molar-refractivity contribution is 1.11. The van der Waals surface area contributed by atoms with Gasteiger partial charge in [-0.15, -0.1) is 11.8 Å². The molecule has 2 heteroatoms. The third kappa shape index (κ3) is 2.67. The molecule has 1 aromatic rings. The van der Waals surface area contributed by atoms with Gasteiger partial charge in [-0.25, -0.2) is 0 Å². The maximum absolute atomic E-state index is 2.41. The van der Waals surface area contributed by atoms with E-state index in [4.69, 9.17) is 0 Å². The summed E-state index contributed by atoms with van der Waals surface area (Å²) in [5.41, 5.74) is 1.48. The highest BCUT2D eigenvalue weighted by molar-refractivity contribution is 14.1. The fraction of sp³-hybridized carbons (Fsp3) is 0.333. The average Bonchev–Trinajstić information content (AvgIpc) is 2.06. The van der Waals surface area contributed by atoms with E-state index in [1.807, 2.05) is 11.8 Å². The van der Waals surface area contributed by atoms with Gasteiger partial charge in [-0.3, -0.25) is 0 Å². The number of hydrogen-bond acceptors (Lipinski definition) is 1. The van der Waals surface area contributed by atoms with Crippen LogP contribution in [0.1, 0.15) is 5.56 Å². The van der Waals surface area contributed by atoms with Crippen LogP contribution in [0.4, 0.5) is 0 Å². The zero-order valence-corrected chi connectivity index (χ0v) is 9.48. The van der Waals surface area contributed by atoms with Crippen molar-refractivity contribution in [2.75, 3.05) is 10.7 Å². The third-order valence-corrected chi connectivity index (χ3v) is 2.93. The van der Waals surface area contributed by atoms with Crippen LogP contribution >= 0.6 is 34.4 Å². The van der Waals surface area contributed by atoms with Crippen molar-refractivity contribution in [3.05, 3.63) is 29.8 Å². The molecule has 60 valence electrons. The maximum atomic E-state index is 2.41. The molecular weight excluding hydrogens is 267 g/mol. The van der Waals surface area contributed by atoms with Gasteiger partial charge in [0.1, 0.15) is 0 Å². The van der Waals surface area contributed by atoms with Crippen LogP contribution in [0.5, 0.6) is 0 Å². The van der Waals surface area contributed by atoms with Crippen LogP contribution in [0, 0.1) is 0 Å². The molecule has 0 aliphatic heterocycles. The van der Waals surface area contributed by atoms with Crippen molar-refractivity contribution in [3.8, 4) is 0 Å². The first-order valence-electron chi connectivity index (χ1n) is 3.56. The fourth-order valence-corrected chi connectivity index (χ4v) is 2.24. The van der Waals surface area contributed by atoms with E-state index in [1.165, 1.54) is 21.3 Å². The Labute approximate surface area is 85.9 Å². The second kappa shape index (κ2) is 5.04. The molecule has 0 aliphatic carbocycles. The topological polar surface area (TPSA) is 0 Å². The molecule has 0 heterocycles.